The van der Waals surface area contributed by atoms with Crippen LogP contribution in [0.5, 0.6) is 0 Å². The Kier molecular flexibility index (Phi) is 5.91. The summed E-state index contributed by atoms with van der Waals surface area (Å²) in [6.45, 7) is 5.69. The average Bonchev–Trinajstić information content (AvgIpc) is 2.63. The summed E-state index contributed by atoms with van der Waals surface area (Å²) in [5, 5.41) is 3.40. The van der Waals surface area contributed by atoms with Gasteiger partial charge in [0.15, 0.2) is 0 Å². The van der Waals surface area contributed by atoms with E-state index in [4.69, 9.17) is 4.74 Å². The van der Waals surface area contributed by atoms with Crippen molar-refractivity contribution in [3.63, 3.8) is 0 Å². The average molecular weight is 329 g/mol. The first-order valence-corrected chi connectivity index (χ1v) is 9.23. The first-order valence-electron chi connectivity index (χ1n) is 8.00. The fraction of sp³-hybridized carbons (Fsp3) is 0.389. The molecule has 0 atom stereocenters. The molecule has 122 valence electrons. The van der Waals surface area contributed by atoms with E-state index in [0.29, 0.717) is 0 Å². The van der Waals surface area contributed by atoms with Crippen LogP contribution in [0.3, 0.4) is 0 Å². The fourth-order valence-electron chi connectivity index (χ4n) is 2.71. The number of ether oxygens (including phenoxy) is 1. The summed E-state index contributed by atoms with van der Waals surface area (Å²) < 4.78 is 5.36. The summed E-state index contributed by atoms with van der Waals surface area (Å²) in [4.78, 5) is 8.25. The lowest BCUT2D eigenvalue weighted by Crippen LogP contribution is -2.39. The second-order valence-electron chi connectivity index (χ2n) is 5.51. The molecule has 0 bridgehead atoms. The van der Waals surface area contributed by atoms with Crippen molar-refractivity contribution in [1.82, 2.24) is 9.88 Å². The molecule has 1 saturated heterocycles. The van der Waals surface area contributed by atoms with Gasteiger partial charge in [-0.1, -0.05) is 18.2 Å². The number of pyridine rings is 1. The molecule has 0 spiro atoms. The Labute approximate surface area is 142 Å². The predicted octanol–water partition coefficient (Wildman–Crippen LogP) is 3.21. The Morgan fingerprint density at radius 2 is 2.00 bits per heavy atom. The summed E-state index contributed by atoms with van der Waals surface area (Å²) in [6, 6.07) is 12.6. The molecule has 23 heavy (non-hydrogen) atoms. The van der Waals surface area contributed by atoms with Crippen LogP contribution in [0.15, 0.2) is 47.5 Å². The Morgan fingerprint density at radius 1 is 1.17 bits per heavy atom. The van der Waals surface area contributed by atoms with Crippen molar-refractivity contribution in [1.29, 1.82) is 0 Å². The number of hydrogen-bond donors (Lipinski definition) is 1. The van der Waals surface area contributed by atoms with Gasteiger partial charge in [-0.2, -0.15) is 0 Å². The Hall–Kier alpha value is -1.56. The van der Waals surface area contributed by atoms with Gasteiger partial charge in [0.05, 0.1) is 13.2 Å². The minimum absolute atomic E-state index is 0.849. The number of aromatic nitrogens is 1. The molecule has 1 fully saturated rings. The van der Waals surface area contributed by atoms with Crippen LogP contribution in [-0.4, -0.2) is 55.5 Å². The standard InChI is InChI=1S/C18H23N3OS/c1-23-17-5-3-2-4-16(17)15-6-7-18(20-14-15)19-8-9-21-10-12-22-13-11-21/h2-7,14H,8-13H2,1H3,(H,19,20). The molecule has 5 heteroatoms. The van der Waals surface area contributed by atoms with Crippen molar-refractivity contribution in [2.45, 2.75) is 4.90 Å². The zero-order valence-electron chi connectivity index (χ0n) is 13.5. The van der Waals surface area contributed by atoms with E-state index in [1.807, 2.05) is 6.20 Å². The van der Waals surface area contributed by atoms with Crippen LogP contribution in [0.4, 0.5) is 5.82 Å². The van der Waals surface area contributed by atoms with Crippen molar-refractivity contribution in [2.75, 3.05) is 51.0 Å². The molecule has 1 N–H and O–H groups in total. The molecular weight excluding hydrogens is 306 g/mol. The van der Waals surface area contributed by atoms with Gasteiger partial charge in [0, 0.05) is 42.8 Å². The summed E-state index contributed by atoms with van der Waals surface area (Å²) in [5.74, 6) is 0.934. The third-order valence-corrected chi connectivity index (χ3v) is 4.82. The minimum Gasteiger partial charge on any atom is -0.379 e. The van der Waals surface area contributed by atoms with Gasteiger partial charge >= 0.3 is 0 Å². The van der Waals surface area contributed by atoms with E-state index in [9.17, 15) is 0 Å². The van der Waals surface area contributed by atoms with Gasteiger partial charge in [-0.05, 0) is 30.0 Å². The number of nitrogens with one attached hydrogen (secondary N) is 1. The Balaban J connectivity index is 1.56. The number of rotatable bonds is 6. The van der Waals surface area contributed by atoms with Gasteiger partial charge in [-0.25, -0.2) is 4.98 Å². The van der Waals surface area contributed by atoms with Crippen molar-refractivity contribution in [3.8, 4) is 11.1 Å². The second-order valence-corrected chi connectivity index (χ2v) is 6.36. The topological polar surface area (TPSA) is 37.4 Å². The molecule has 1 aromatic carbocycles. The van der Waals surface area contributed by atoms with Gasteiger partial charge in [0.1, 0.15) is 5.82 Å². The molecule has 0 radical (unpaired) electrons. The summed E-state index contributed by atoms with van der Waals surface area (Å²) in [6.07, 6.45) is 4.06. The quantitative estimate of drug-likeness (QED) is 0.824. The summed E-state index contributed by atoms with van der Waals surface area (Å²) in [5.41, 5.74) is 2.40. The third-order valence-electron chi connectivity index (χ3n) is 4.02. The highest BCUT2D eigenvalue weighted by Gasteiger charge is 2.09. The Morgan fingerprint density at radius 3 is 2.74 bits per heavy atom. The molecule has 1 aliphatic rings. The largest absolute Gasteiger partial charge is 0.379 e. The van der Waals surface area contributed by atoms with E-state index in [1.54, 1.807) is 11.8 Å². The SMILES string of the molecule is CSc1ccccc1-c1ccc(NCCN2CCOCC2)nc1. The van der Waals surface area contributed by atoms with E-state index < -0.39 is 0 Å². The normalized spacial score (nSPS) is 15.5. The van der Waals surface area contributed by atoms with E-state index in [1.165, 1.54) is 10.5 Å². The third kappa shape index (κ3) is 4.47. The molecule has 2 aromatic rings. The number of thioether (sulfide) groups is 1. The molecule has 0 amide bonds. The van der Waals surface area contributed by atoms with Crippen molar-refractivity contribution in [2.24, 2.45) is 0 Å². The van der Waals surface area contributed by atoms with E-state index >= 15 is 0 Å². The zero-order chi connectivity index (χ0) is 15.9. The van der Waals surface area contributed by atoms with Gasteiger partial charge in [0.25, 0.3) is 0 Å². The number of anilines is 1. The van der Waals surface area contributed by atoms with Crippen LogP contribution >= 0.6 is 11.8 Å². The first-order chi connectivity index (χ1) is 11.4. The molecule has 1 aromatic heterocycles. The fourth-order valence-corrected chi connectivity index (χ4v) is 3.33. The van der Waals surface area contributed by atoms with Gasteiger partial charge in [-0.3, -0.25) is 4.90 Å². The second kappa shape index (κ2) is 8.34. The van der Waals surface area contributed by atoms with Gasteiger partial charge in [-0.15, -0.1) is 11.8 Å². The number of morpholine rings is 1. The molecule has 2 heterocycles. The van der Waals surface area contributed by atoms with E-state index in [-0.39, 0.29) is 0 Å². The smallest absolute Gasteiger partial charge is 0.125 e. The molecule has 3 rings (SSSR count). The highest BCUT2D eigenvalue weighted by Crippen LogP contribution is 2.29. The van der Waals surface area contributed by atoms with Crippen LogP contribution in [0.1, 0.15) is 0 Å². The lowest BCUT2D eigenvalue weighted by atomic mass is 10.1. The van der Waals surface area contributed by atoms with Crippen LogP contribution in [0, 0.1) is 0 Å². The van der Waals surface area contributed by atoms with Gasteiger partial charge < -0.3 is 10.1 Å². The highest BCUT2D eigenvalue weighted by molar-refractivity contribution is 7.98. The molecule has 1 aliphatic heterocycles. The van der Waals surface area contributed by atoms with Crippen LogP contribution in [0.25, 0.3) is 11.1 Å². The highest BCUT2D eigenvalue weighted by atomic mass is 32.2. The number of hydrogen-bond acceptors (Lipinski definition) is 5. The Bertz CT molecular complexity index is 612. The van der Waals surface area contributed by atoms with Crippen molar-refractivity contribution < 1.29 is 4.74 Å². The summed E-state index contributed by atoms with van der Waals surface area (Å²) in [7, 11) is 0. The maximum atomic E-state index is 5.36. The lowest BCUT2D eigenvalue weighted by molar-refractivity contribution is 0.0398. The first kappa shape index (κ1) is 16.3. The maximum Gasteiger partial charge on any atom is 0.125 e. The van der Waals surface area contributed by atoms with Crippen LogP contribution < -0.4 is 5.32 Å². The molecular formula is C18H23N3OS. The van der Waals surface area contributed by atoms with Crippen LogP contribution in [-0.2, 0) is 4.74 Å². The van der Waals surface area contributed by atoms with Gasteiger partial charge in [0.2, 0.25) is 0 Å². The zero-order valence-corrected chi connectivity index (χ0v) is 14.3. The molecule has 0 saturated carbocycles. The van der Waals surface area contributed by atoms with E-state index in [2.05, 4.69) is 57.9 Å². The molecule has 4 nitrogen and oxygen atoms in total. The minimum atomic E-state index is 0.849. The van der Waals surface area contributed by atoms with Crippen molar-refractivity contribution in [3.05, 3.63) is 42.6 Å². The number of benzene rings is 1. The van der Waals surface area contributed by atoms with Crippen molar-refractivity contribution >= 4 is 17.6 Å². The molecule has 0 aliphatic carbocycles. The monoisotopic (exact) mass is 329 g/mol. The van der Waals surface area contributed by atoms with E-state index in [0.717, 1.165) is 50.8 Å². The predicted molar refractivity (Wildman–Crippen MR) is 97.2 cm³/mol. The summed E-state index contributed by atoms with van der Waals surface area (Å²) >= 11 is 1.77. The maximum absolute atomic E-state index is 5.36. The number of nitrogens with zero attached hydrogens (tertiary/aromatic N) is 2. The molecule has 0 unspecified atom stereocenters. The van der Waals surface area contributed by atoms with Crippen LogP contribution in [0.2, 0.25) is 0 Å². The lowest BCUT2D eigenvalue weighted by Gasteiger charge is -2.26.